The van der Waals surface area contributed by atoms with Gasteiger partial charge in [0.25, 0.3) is 0 Å². The molecule has 0 saturated carbocycles. The van der Waals surface area contributed by atoms with Crippen molar-refractivity contribution in [2.75, 3.05) is 13.1 Å². The number of hydrogen-bond acceptors (Lipinski definition) is 4. The molecule has 0 spiro atoms. The zero-order valence-corrected chi connectivity index (χ0v) is 11.9. The molecule has 2 aromatic rings. The minimum absolute atomic E-state index is 0.204. The van der Waals surface area contributed by atoms with E-state index in [0.717, 1.165) is 38.1 Å². The van der Waals surface area contributed by atoms with Gasteiger partial charge in [-0.15, -0.1) is 0 Å². The highest BCUT2D eigenvalue weighted by atomic mass is 19.4. The molecule has 1 saturated heterocycles. The van der Waals surface area contributed by atoms with E-state index in [-0.39, 0.29) is 5.82 Å². The van der Waals surface area contributed by atoms with Crippen molar-refractivity contribution >= 4 is 0 Å². The molecule has 1 aliphatic rings. The first-order chi connectivity index (χ1) is 10.5. The maximum Gasteiger partial charge on any atom is 0.416 e. The third-order valence-electron chi connectivity index (χ3n) is 3.84. The summed E-state index contributed by atoms with van der Waals surface area (Å²) in [5, 5.41) is 7.08. The van der Waals surface area contributed by atoms with Gasteiger partial charge in [0.05, 0.1) is 5.56 Å². The number of halogens is 3. The lowest BCUT2D eigenvalue weighted by Gasteiger charge is -2.20. The van der Waals surface area contributed by atoms with Crippen LogP contribution in [0.15, 0.2) is 28.8 Å². The highest BCUT2D eigenvalue weighted by molar-refractivity contribution is 5.55. The Kier molecular flexibility index (Phi) is 4.15. The fraction of sp³-hybridized carbons (Fsp3) is 0.467. The maximum absolute atomic E-state index is 12.7. The fourth-order valence-corrected chi connectivity index (χ4v) is 2.62. The summed E-state index contributed by atoms with van der Waals surface area (Å²) in [5.74, 6) is 1.17. The van der Waals surface area contributed by atoms with Crippen molar-refractivity contribution in [3.63, 3.8) is 0 Å². The van der Waals surface area contributed by atoms with Gasteiger partial charge in [-0.05, 0) is 44.0 Å². The number of nitrogens with one attached hydrogen (secondary N) is 1. The van der Waals surface area contributed by atoms with Crippen LogP contribution in [0.3, 0.4) is 0 Å². The van der Waals surface area contributed by atoms with Crippen molar-refractivity contribution in [3.8, 4) is 11.4 Å². The molecule has 1 aromatic carbocycles. The van der Waals surface area contributed by atoms with Gasteiger partial charge in [-0.25, -0.2) is 0 Å². The van der Waals surface area contributed by atoms with E-state index >= 15 is 0 Å². The van der Waals surface area contributed by atoms with E-state index in [1.165, 1.54) is 6.07 Å². The average Bonchev–Trinajstić information content (AvgIpc) is 2.96. The number of alkyl halides is 3. The average molecular weight is 311 g/mol. The number of hydrogen-bond donors (Lipinski definition) is 1. The van der Waals surface area contributed by atoms with E-state index in [9.17, 15) is 13.2 Å². The molecule has 4 nitrogen and oxygen atoms in total. The first-order valence-electron chi connectivity index (χ1n) is 7.23. The van der Waals surface area contributed by atoms with E-state index < -0.39 is 11.7 Å². The molecule has 3 rings (SSSR count). The minimum atomic E-state index is -4.38. The monoisotopic (exact) mass is 311 g/mol. The van der Waals surface area contributed by atoms with Crippen molar-refractivity contribution in [1.29, 1.82) is 0 Å². The molecule has 0 aliphatic carbocycles. The SMILES string of the molecule is FC(F)(F)c1cccc(-c2noc(CC3CCNCC3)n2)c1. The van der Waals surface area contributed by atoms with Gasteiger partial charge in [0.2, 0.25) is 11.7 Å². The molecule has 0 radical (unpaired) electrons. The van der Waals surface area contributed by atoms with Gasteiger partial charge in [0.1, 0.15) is 0 Å². The largest absolute Gasteiger partial charge is 0.416 e. The molecule has 118 valence electrons. The van der Waals surface area contributed by atoms with Crippen LogP contribution in [0.1, 0.15) is 24.3 Å². The Hall–Kier alpha value is -1.89. The molecule has 0 amide bonds. The van der Waals surface area contributed by atoms with Gasteiger partial charge in [-0.1, -0.05) is 17.3 Å². The summed E-state index contributed by atoms with van der Waals surface area (Å²) < 4.78 is 43.4. The summed E-state index contributed by atoms with van der Waals surface area (Å²) in [6, 6.07) is 4.97. The second-order valence-electron chi connectivity index (χ2n) is 5.49. The lowest BCUT2D eigenvalue weighted by molar-refractivity contribution is -0.137. The van der Waals surface area contributed by atoms with Gasteiger partial charge < -0.3 is 9.84 Å². The second kappa shape index (κ2) is 6.08. The summed E-state index contributed by atoms with van der Waals surface area (Å²) in [4.78, 5) is 4.23. The number of nitrogens with zero attached hydrogens (tertiary/aromatic N) is 2. The zero-order valence-electron chi connectivity index (χ0n) is 11.9. The van der Waals surface area contributed by atoms with E-state index in [2.05, 4.69) is 15.5 Å². The van der Waals surface area contributed by atoms with Crippen LogP contribution < -0.4 is 5.32 Å². The summed E-state index contributed by atoms with van der Waals surface area (Å²) in [5.41, 5.74) is -0.398. The predicted molar refractivity (Wildman–Crippen MR) is 74.0 cm³/mol. The second-order valence-corrected chi connectivity index (χ2v) is 5.49. The Balaban J connectivity index is 1.75. The normalized spacial score (nSPS) is 16.9. The molecule has 1 aliphatic heterocycles. The Morgan fingerprint density at radius 3 is 2.73 bits per heavy atom. The van der Waals surface area contributed by atoms with Crippen molar-refractivity contribution < 1.29 is 17.7 Å². The van der Waals surface area contributed by atoms with Gasteiger partial charge in [0, 0.05) is 12.0 Å². The molecule has 1 fully saturated rings. The number of rotatable bonds is 3. The standard InChI is InChI=1S/C15H16F3N3O/c16-15(17,18)12-3-1-2-11(9-12)14-20-13(22-21-14)8-10-4-6-19-7-5-10/h1-3,9-10,19H,4-8H2. The van der Waals surface area contributed by atoms with Crippen LogP contribution in [0, 0.1) is 5.92 Å². The summed E-state index contributed by atoms with van der Waals surface area (Å²) in [6.45, 7) is 1.94. The molecule has 0 bridgehead atoms. The molecular formula is C15H16F3N3O. The first kappa shape index (κ1) is 15.0. The third kappa shape index (κ3) is 3.47. The minimum Gasteiger partial charge on any atom is -0.339 e. The number of benzene rings is 1. The quantitative estimate of drug-likeness (QED) is 0.945. The van der Waals surface area contributed by atoms with Crippen LogP contribution in [0.5, 0.6) is 0 Å². The van der Waals surface area contributed by atoms with Gasteiger partial charge in [-0.2, -0.15) is 18.2 Å². The molecule has 2 heterocycles. The van der Waals surface area contributed by atoms with Crippen LogP contribution in [-0.4, -0.2) is 23.2 Å². The lowest BCUT2D eigenvalue weighted by Crippen LogP contribution is -2.28. The Morgan fingerprint density at radius 1 is 1.23 bits per heavy atom. The lowest BCUT2D eigenvalue weighted by atomic mass is 9.95. The Bertz CT molecular complexity index is 633. The maximum atomic E-state index is 12.7. The van der Waals surface area contributed by atoms with E-state index in [1.54, 1.807) is 6.07 Å². The van der Waals surface area contributed by atoms with E-state index in [1.807, 2.05) is 0 Å². The molecule has 7 heteroatoms. The fourth-order valence-electron chi connectivity index (χ4n) is 2.62. The first-order valence-corrected chi connectivity index (χ1v) is 7.23. The van der Waals surface area contributed by atoms with Crippen LogP contribution in [0.4, 0.5) is 13.2 Å². The van der Waals surface area contributed by atoms with Gasteiger partial charge in [-0.3, -0.25) is 0 Å². The highest BCUT2D eigenvalue weighted by Crippen LogP contribution is 2.31. The molecule has 1 aromatic heterocycles. The smallest absolute Gasteiger partial charge is 0.339 e. The molecular weight excluding hydrogens is 295 g/mol. The van der Waals surface area contributed by atoms with Crippen molar-refractivity contribution in [3.05, 3.63) is 35.7 Å². The van der Waals surface area contributed by atoms with Gasteiger partial charge in [0.15, 0.2) is 0 Å². The van der Waals surface area contributed by atoms with Crippen molar-refractivity contribution in [1.82, 2.24) is 15.5 Å². The topological polar surface area (TPSA) is 51.0 Å². The highest BCUT2D eigenvalue weighted by Gasteiger charge is 2.30. The Labute approximate surface area is 125 Å². The molecule has 1 N–H and O–H groups in total. The van der Waals surface area contributed by atoms with Gasteiger partial charge >= 0.3 is 6.18 Å². The third-order valence-corrected chi connectivity index (χ3v) is 3.84. The van der Waals surface area contributed by atoms with E-state index in [4.69, 9.17) is 4.52 Å². The molecule has 0 unspecified atom stereocenters. The van der Waals surface area contributed by atoms with Crippen molar-refractivity contribution in [2.45, 2.75) is 25.4 Å². The summed E-state index contributed by atoms with van der Waals surface area (Å²) in [6.07, 6.45) is -1.62. The van der Waals surface area contributed by atoms with Crippen molar-refractivity contribution in [2.24, 2.45) is 5.92 Å². The Morgan fingerprint density at radius 2 is 2.00 bits per heavy atom. The number of piperidine rings is 1. The molecule has 0 atom stereocenters. The van der Waals surface area contributed by atoms with Crippen LogP contribution in [0.2, 0.25) is 0 Å². The summed E-state index contributed by atoms with van der Waals surface area (Å²) >= 11 is 0. The van der Waals surface area contributed by atoms with E-state index in [0.29, 0.717) is 23.8 Å². The van der Waals surface area contributed by atoms with Crippen LogP contribution in [-0.2, 0) is 12.6 Å². The zero-order chi connectivity index (χ0) is 15.6. The predicted octanol–water partition coefficient (Wildman–Crippen LogP) is 3.30. The summed E-state index contributed by atoms with van der Waals surface area (Å²) in [7, 11) is 0. The molecule has 22 heavy (non-hydrogen) atoms. The van der Waals surface area contributed by atoms with Crippen LogP contribution >= 0.6 is 0 Å². The number of aromatic nitrogens is 2. The van der Waals surface area contributed by atoms with Crippen LogP contribution in [0.25, 0.3) is 11.4 Å².